The van der Waals surface area contributed by atoms with Crippen molar-refractivity contribution in [1.29, 1.82) is 0 Å². The highest BCUT2D eigenvalue weighted by molar-refractivity contribution is 6.30. The van der Waals surface area contributed by atoms with E-state index in [1.807, 2.05) is 12.1 Å². The number of nitrogens with zero attached hydrogens (tertiary/aromatic N) is 3. The lowest BCUT2D eigenvalue weighted by molar-refractivity contribution is 0.102. The summed E-state index contributed by atoms with van der Waals surface area (Å²) in [4.78, 5) is 12.5. The first-order valence-corrected chi connectivity index (χ1v) is 9.15. The Labute approximate surface area is 167 Å². The zero-order valence-electron chi connectivity index (χ0n) is 15.2. The van der Waals surface area contributed by atoms with Crippen LogP contribution < -0.4 is 5.32 Å². The van der Waals surface area contributed by atoms with Crippen LogP contribution in [-0.2, 0) is 6.54 Å². The van der Waals surface area contributed by atoms with Crippen LogP contribution in [0.5, 0.6) is 0 Å². The Morgan fingerprint density at radius 3 is 2.64 bits per heavy atom. The van der Waals surface area contributed by atoms with E-state index in [9.17, 15) is 4.79 Å². The molecule has 6 nitrogen and oxygen atoms in total. The van der Waals surface area contributed by atoms with E-state index in [2.05, 4.69) is 51.8 Å². The average Bonchev–Trinajstić information content (AvgIpc) is 3.34. The molecule has 4 rings (SSSR count). The van der Waals surface area contributed by atoms with Crippen LogP contribution in [-0.4, -0.2) is 25.9 Å². The van der Waals surface area contributed by atoms with Gasteiger partial charge in [-0.2, -0.15) is 10.2 Å². The summed E-state index contributed by atoms with van der Waals surface area (Å²) in [5, 5.41) is 14.8. The molecule has 2 aromatic carbocycles. The molecule has 0 radical (unpaired) electrons. The van der Waals surface area contributed by atoms with Crippen LogP contribution in [0.2, 0.25) is 5.02 Å². The number of aromatic amines is 1. The first-order chi connectivity index (χ1) is 13.6. The lowest BCUT2D eigenvalue weighted by atomic mass is 10.1. The summed E-state index contributed by atoms with van der Waals surface area (Å²) in [5.41, 5.74) is 4.92. The van der Waals surface area contributed by atoms with Crippen molar-refractivity contribution in [3.05, 3.63) is 88.8 Å². The molecule has 0 atom stereocenters. The number of benzene rings is 2. The monoisotopic (exact) mass is 391 g/mol. The number of hydrogen-bond donors (Lipinski definition) is 2. The Bertz CT molecular complexity index is 1100. The van der Waals surface area contributed by atoms with E-state index in [1.54, 1.807) is 35.3 Å². The van der Waals surface area contributed by atoms with Gasteiger partial charge in [-0.15, -0.1) is 0 Å². The van der Waals surface area contributed by atoms with Gasteiger partial charge in [-0.3, -0.25) is 14.6 Å². The predicted octanol–water partition coefficient (Wildman–Crippen LogP) is 4.54. The lowest BCUT2D eigenvalue weighted by Gasteiger charge is -2.02. The fourth-order valence-corrected chi connectivity index (χ4v) is 2.93. The molecular weight excluding hydrogens is 374 g/mol. The molecule has 0 bridgehead atoms. The van der Waals surface area contributed by atoms with E-state index >= 15 is 0 Å². The van der Waals surface area contributed by atoms with Gasteiger partial charge in [0.2, 0.25) is 0 Å². The Hall–Kier alpha value is -3.38. The Morgan fingerprint density at radius 2 is 1.89 bits per heavy atom. The number of aryl methyl sites for hydroxylation is 1. The van der Waals surface area contributed by atoms with Crippen molar-refractivity contribution in [2.75, 3.05) is 5.32 Å². The second-order valence-electron chi connectivity index (χ2n) is 6.54. The first-order valence-electron chi connectivity index (χ1n) is 8.77. The molecule has 0 fully saturated rings. The van der Waals surface area contributed by atoms with Gasteiger partial charge in [-0.25, -0.2) is 0 Å². The number of carbonyl (C=O) groups excluding carboxylic acids is 1. The number of aromatic nitrogens is 4. The van der Waals surface area contributed by atoms with Crippen LogP contribution in [0.25, 0.3) is 11.3 Å². The van der Waals surface area contributed by atoms with Gasteiger partial charge in [0.25, 0.3) is 5.91 Å². The standard InChI is InChI=1S/C21H18ClN5O/c1-14-2-4-15(5-3-14)12-27-13-18(11-23-27)24-21(28)20-10-19(25-26-20)16-6-8-17(22)9-7-16/h2-11,13H,12H2,1H3,(H,24,28)(H,25,26). The molecule has 0 saturated carbocycles. The molecule has 0 aliphatic heterocycles. The number of H-pyrrole nitrogens is 1. The lowest BCUT2D eigenvalue weighted by Crippen LogP contribution is -2.11. The van der Waals surface area contributed by atoms with E-state index in [4.69, 9.17) is 11.6 Å². The summed E-state index contributed by atoms with van der Waals surface area (Å²) >= 11 is 5.90. The molecule has 7 heteroatoms. The van der Waals surface area contributed by atoms with Crippen molar-refractivity contribution in [1.82, 2.24) is 20.0 Å². The molecule has 2 aromatic heterocycles. The molecule has 140 valence electrons. The number of carbonyl (C=O) groups is 1. The highest BCUT2D eigenvalue weighted by Gasteiger charge is 2.12. The second kappa shape index (κ2) is 7.70. The molecule has 0 spiro atoms. The largest absolute Gasteiger partial charge is 0.318 e. The minimum absolute atomic E-state index is 0.275. The fraction of sp³-hybridized carbons (Fsp3) is 0.0952. The summed E-state index contributed by atoms with van der Waals surface area (Å²) in [6, 6.07) is 17.3. The van der Waals surface area contributed by atoms with Crippen LogP contribution in [0.3, 0.4) is 0 Å². The minimum atomic E-state index is -0.275. The molecule has 0 unspecified atom stereocenters. The topological polar surface area (TPSA) is 75.6 Å². The number of hydrogen-bond acceptors (Lipinski definition) is 3. The number of rotatable bonds is 5. The molecule has 0 aliphatic rings. The molecule has 2 N–H and O–H groups in total. The Kier molecular flexibility index (Phi) is 4.95. The van der Waals surface area contributed by atoms with E-state index < -0.39 is 0 Å². The van der Waals surface area contributed by atoms with Gasteiger partial charge in [-0.05, 0) is 30.7 Å². The van der Waals surface area contributed by atoms with E-state index in [0.717, 1.165) is 11.1 Å². The highest BCUT2D eigenvalue weighted by Crippen LogP contribution is 2.20. The van der Waals surface area contributed by atoms with E-state index in [-0.39, 0.29) is 5.91 Å². The minimum Gasteiger partial charge on any atom is -0.318 e. The van der Waals surface area contributed by atoms with Gasteiger partial charge < -0.3 is 5.32 Å². The van der Waals surface area contributed by atoms with Crippen LogP contribution in [0.1, 0.15) is 21.6 Å². The first kappa shape index (κ1) is 18.0. The maximum absolute atomic E-state index is 12.5. The zero-order valence-corrected chi connectivity index (χ0v) is 15.9. The highest BCUT2D eigenvalue weighted by atomic mass is 35.5. The molecule has 0 saturated heterocycles. The fourth-order valence-electron chi connectivity index (χ4n) is 2.80. The van der Waals surface area contributed by atoms with Crippen LogP contribution in [0.4, 0.5) is 5.69 Å². The van der Waals surface area contributed by atoms with Crippen molar-refractivity contribution in [2.24, 2.45) is 0 Å². The Morgan fingerprint density at radius 1 is 1.14 bits per heavy atom. The summed E-state index contributed by atoms with van der Waals surface area (Å²) in [5.74, 6) is -0.275. The van der Waals surface area contributed by atoms with Crippen LogP contribution >= 0.6 is 11.6 Å². The SMILES string of the molecule is Cc1ccc(Cn2cc(NC(=O)c3cc(-c4ccc(Cl)cc4)n[nH]3)cn2)cc1. The van der Waals surface area contributed by atoms with Gasteiger partial charge >= 0.3 is 0 Å². The van der Waals surface area contributed by atoms with Crippen molar-refractivity contribution in [3.63, 3.8) is 0 Å². The van der Waals surface area contributed by atoms with Gasteiger partial charge in [0.05, 0.1) is 24.1 Å². The molecule has 2 heterocycles. The maximum atomic E-state index is 12.5. The van der Waals surface area contributed by atoms with Crippen LogP contribution in [0.15, 0.2) is 67.0 Å². The molecule has 1 amide bonds. The predicted molar refractivity (Wildman–Crippen MR) is 109 cm³/mol. The third kappa shape index (κ3) is 4.13. The zero-order chi connectivity index (χ0) is 19.5. The third-order valence-electron chi connectivity index (χ3n) is 4.32. The van der Waals surface area contributed by atoms with Gasteiger partial charge in [0, 0.05) is 16.8 Å². The summed E-state index contributed by atoms with van der Waals surface area (Å²) in [6.07, 6.45) is 3.43. The van der Waals surface area contributed by atoms with Gasteiger partial charge in [0.1, 0.15) is 5.69 Å². The van der Waals surface area contributed by atoms with Gasteiger partial charge in [-0.1, -0.05) is 53.6 Å². The van der Waals surface area contributed by atoms with E-state index in [1.165, 1.54) is 5.56 Å². The van der Waals surface area contributed by atoms with Gasteiger partial charge in [0.15, 0.2) is 0 Å². The molecular formula is C21H18ClN5O. The van der Waals surface area contributed by atoms with Crippen molar-refractivity contribution < 1.29 is 4.79 Å². The summed E-state index contributed by atoms with van der Waals surface area (Å²) < 4.78 is 1.78. The number of amides is 1. The number of nitrogens with one attached hydrogen (secondary N) is 2. The molecule has 0 aliphatic carbocycles. The van der Waals surface area contributed by atoms with Crippen molar-refractivity contribution >= 4 is 23.2 Å². The number of halogens is 1. The van der Waals surface area contributed by atoms with Crippen molar-refractivity contribution in [2.45, 2.75) is 13.5 Å². The Balaban J connectivity index is 1.42. The third-order valence-corrected chi connectivity index (χ3v) is 4.57. The molecule has 28 heavy (non-hydrogen) atoms. The average molecular weight is 392 g/mol. The van der Waals surface area contributed by atoms with E-state index in [0.29, 0.717) is 28.6 Å². The summed E-state index contributed by atoms with van der Waals surface area (Å²) in [7, 11) is 0. The maximum Gasteiger partial charge on any atom is 0.273 e. The quantitative estimate of drug-likeness (QED) is 0.524. The van der Waals surface area contributed by atoms with Crippen LogP contribution in [0, 0.1) is 6.92 Å². The normalized spacial score (nSPS) is 10.8. The second-order valence-corrected chi connectivity index (χ2v) is 6.98. The molecule has 4 aromatic rings. The summed E-state index contributed by atoms with van der Waals surface area (Å²) in [6.45, 7) is 2.69. The smallest absolute Gasteiger partial charge is 0.273 e. The number of anilines is 1. The van der Waals surface area contributed by atoms with Crippen molar-refractivity contribution in [3.8, 4) is 11.3 Å².